The molecule has 1 N–H and O–H groups in total. The number of nitrogens with zero attached hydrogens (tertiary/aromatic N) is 1. The number of rotatable bonds is 7. The van der Waals surface area contributed by atoms with E-state index in [2.05, 4.69) is 10.3 Å². The normalized spacial score (nSPS) is 12.6. The zero-order valence-electron chi connectivity index (χ0n) is 16.7. The summed E-state index contributed by atoms with van der Waals surface area (Å²) >= 11 is 1.65. The summed E-state index contributed by atoms with van der Waals surface area (Å²) in [4.78, 5) is 41.3. The van der Waals surface area contributed by atoms with E-state index in [1.165, 1.54) is 0 Å². The third-order valence-corrected chi connectivity index (χ3v) is 5.96. The van der Waals surface area contributed by atoms with Gasteiger partial charge in [0.15, 0.2) is 12.4 Å². The monoisotopic (exact) mass is 432 g/mol. The summed E-state index contributed by atoms with van der Waals surface area (Å²) in [5.41, 5.74) is 3.62. The number of hydrogen-bond acceptors (Lipinski definition) is 6. The number of Topliss-reactive ketones (excluding diaryl/α,β-unsaturated/α-hetero) is 1. The molecule has 0 atom stereocenters. The number of carbonyl (C=O) groups is 3. The van der Waals surface area contributed by atoms with Crippen molar-refractivity contribution in [2.24, 2.45) is 0 Å². The molecule has 7 heteroatoms. The number of aryl methyl sites for hydroxylation is 1. The molecule has 1 amide bonds. The van der Waals surface area contributed by atoms with Gasteiger partial charge in [0.25, 0.3) is 0 Å². The Hall–Kier alpha value is -3.45. The molecule has 4 rings (SSSR count). The van der Waals surface area contributed by atoms with Crippen LogP contribution in [-0.4, -0.2) is 29.3 Å². The van der Waals surface area contributed by atoms with E-state index in [1.807, 2.05) is 30.5 Å². The molecule has 1 aliphatic rings. The number of carbonyl (C=O) groups excluding carboxylic acids is 3. The number of ketones is 1. The Kier molecular flexibility index (Phi) is 6.43. The fourth-order valence-corrected chi connectivity index (χ4v) is 4.02. The number of hydrogen-bond donors (Lipinski definition) is 1. The van der Waals surface area contributed by atoms with Crippen LogP contribution in [0.5, 0.6) is 0 Å². The highest BCUT2D eigenvalue weighted by Gasteiger charge is 2.18. The van der Waals surface area contributed by atoms with Gasteiger partial charge in [0.1, 0.15) is 0 Å². The lowest BCUT2D eigenvalue weighted by Crippen LogP contribution is -2.20. The number of nitrogens with one attached hydrogen (secondary N) is 1. The molecule has 1 aliphatic heterocycles. The summed E-state index contributed by atoms with van der Waals surface area (Å²) in [6.45, 7) is -0.332. The van der Waals surface area contributed by atoms with Crippen LogP contribution >= 0.6 is 11.8 Å². The zero-order valence-corrected chi connectivity index (χ0v) is 17.5. The van der Waals surface area contributed by atoms with E-state index >= 15 is 0 Å². The van der Waals surface area contributed by atoms with Crippen LogP contribution in [0.3, 0.4) is 0 Å². The van der Waals surface area contributed by atoms with Gasteiger partial charge in [0.05, 0.1) is 5.56 Å². The summed E-state index contributed by atoms with van der Waals surface area (Å²) in [5.74, 6) is -0.0579. The second-order valence-corrected chi connectivity index (χ2v) is 8.14. The van der Waals surface area contributed by atoms with E-state index in [4.69, 9.17) is 4.74 Å². The minimum absolute atomic E-state index is 0.0259. The molecule has 0 radical (unpaired) electrons. The van der Waals surface area contributed by atoms with Crippen LogP contribution in [0.1, 0.15) is 38.3 Å². The fraction of sp³-hybridized carbons (Fsp3) is 0.167. The van der Waals surface area contributed by atoms with Gasteiger partial charge in [-0.3, -0.25) is 14.6 Å². The quantitative estimate of drug-likeness (QED) is 0.340. The fourth-order valence-electron chi connectivity index (χ4n) is 3.19. The number of anilines is 1. The molecule has 0 spiro atoms. The third-order valence-electron chi connectivity index (χ3n) is 4.88. The van der Waals surface area contributed by atoms with Crippen molar-refractivity contribution in [3.63, 3.8) is 0 Å². The molecule has 0 aliphatic carbocycles. The van der Waals surface area contributed by atoms with Crippen LogP contribution in [0, 0.1) is 0 Å². The minimum atomic E-state index is -0.539. The summed E-state index contributed by atoms with van der Waals surface area (Å²) in [5, 5.41) is 2.78. The van der Waals surface area contributed by atoms with Gasteiger partial charge in [-0.2, -0.15) is 0 Å². The highest BCUT2D eigenvalue weighted by molar-refractivity contribution is 7.98. The third kappa shape index (κ3) is 5.38. The summed E-state index contributed by atoms with van der Waals surface area (Å²) in [6, 6.07) is 16.1. The SMILES string of the molecule is O=C1CCc2cc(C(=O)COC(=O)c3ccc(SCc4cccnc4)cc3)ccc2N1. The van der Waals surface area contributed by atoms with Crippen LogP contribution in [0.4, 0.5) is 5.69 Å². The summed E-state index contributed by atoms with van der Waals surface area (Å²) < 4.78 is 5.20. The molecule has 3 aromatic rings. The molecule has 0 fully saturated rings. The highest BCUT2D eigenvalue weighted by atomic mass is 32.2. The smallest absolute Gasteiger partial charge is 0.338 e. The van der Waals surface area contributed by atoms with E-state index in [0.29, 0.717) is 24.0 Å². The predicted molar refractivity (Wildman–Crippen MR) is 118 cm³/mol. The standard InChI is InChI=1S/C24H20N2O4S/c27-22(19-5-9-21-18(12-19)6-10-23(28)26-21)14-30-24(29)17-3-7-20(8-4-17)31-15-16-2-1-11-25-13-16/h1-5,7-9,11-13H,6,10,14-15H2,(H,26,28). The minimum Gasteiger partial charge on any atom is -0.454 e. The number of thioether (sulfide) groups is 1. The van der Waals surface area contributed by atoms with Crippen molar-refractivity contribution in [1.82, 2.24) is 4.98 Å². The lowest BCUT2D eigenvalue weighted by molar-refractivity contribution is -0.116. The molecular weight excluding hydrogens is 412 g/mol. The number of esters is 1. The first-order valence-corrected chi connectivity index (χ1v) is 10.8. The van der Waals surface area contributed by atoms with E-state index in [-0.39, 0.29) is 18.3 Å². The maximum atomic E-state index is 12.4. The molecule has 1 aromatic heterocycles. The van der Waals surface area contributed by atoms with Crippen molar-refractivity contribution in [1.29, 1.82) is 0 Å². The van der Waals surface area contributed by atoms with Crippen molar-refractivity contribution >= 4 is 35.1 Å². The van der Waals surface area contributed by atoms with Crippen LogP contribution in [-0.2, 0) is 21.7 Å². The maximum absolute atomic E-state index is 12.4. The lowest BCUT2D eigenvalue weighted by atomic mass is 9.99. The lowest BCUT2D eigenvalue weighted by Gasteiger charge is -2.17. The molecule has 0 saturated heterocycles. The van der Waals surface area contributed by atoms with Gasteiger partial charge in [-0.25, -0.2) is 4.79 Å². The van der Waals surface area contributed by atoms with E-state index < -0.39 is 5.97 Å². The van der Waals surface area contributed by atoms with Crippen LogP contribution in [0.2, 0.25) is 0 Å². The average molecular weight is 433 g/mol. The van der Waals surface area contributed by atoms with Crippen molar-refractivity contribution in [2.75, 3.05) is 11.9 Å². The molecular formula is C24H20N2O4S. The Morgan fingerprint density at radius 1 is 1.03 bits per heavy atom. The van der Waals surface area contributed by atoms with Crippen molar-refractivity contribution in [3.8, 4) is 0 Å². The Morgan fingerprint density at radius 2 is 1.84 bits per heavy atom. The Balaban J connectivity index is 1.30. The molecule has 31 heavy (non-hydrogen) atoms. The van der Waals surface area contributed by atoms with Crippen molar-refractivity contribution in [2.45, 2.75) is 23.5 Å². The van der Waals surface area contributed by atoms with Gasteiger partial charge >= 0.3 is 5.97 Å². The molecule has 6 nitrogen and oxygen atoms in total. The number of amides is 1. The largest absolute Gasteiger partial charge is 0.454 e. The van der Waals surface area contributed by atoms with Crippen LogP contribution < -0.4 is 5.32 Å². The Labute approximate surface area is 184 Å². The molecule has 0 unspecified atom stereocenters. The van der Waals surface area contributed by atoms with E-state index in [9.17, 15) is 14.4 Å². The van der Waals surface area contributed by atoms with E-state index in [0.717, 1.165) is 27.5 Å². The summed E-state index contributed by atoms with van der Waals surface area (Å²) in [7, 11) is 0. The number of aromatic nitrogens is 1. The first-order valence-electron chi connectivity index (χ1n) is 9.83. The average Bonchev–Trinajstić information content (AvgIpc) is 2.81. The van der Waals surface area contributed by atoms with Crippen molar-refractivity contribution < 1.29 is 19.1 Å². The highest BCUT2D eigenvalue weighted by Crippen LogP contribution is 2.24. The molecule has 156 valence electrons. The second kappa shape index (κ2) is 9.57. The molecule has 0 bridgehead atoms. The van der Waals surface area contributed by atoms with E-state index in [1.54, 1.807) is 48.3 Å². The first-order chi connectivity index (χ1) is 15.1. The van der Waals surface area contributed by atoms with Gasteiger partial charge in [-0.15, -0.1) is 11.8 Å². The zero-order chi connectivity index (χ0) is 21.6. The van der Waals surface area contributed by atoms with Gasteiger partial charge < -0.3 is 10.1 Å². The molecule has 0 saturated carbocycles. The van der Waals surface area contributed by atoms with Gasteiger partial charge in [-0.1, -0.05) is 6.07 Å². The number of benzene rings is 2. The first kappa shape index (κ1) is 20.8. The predicted octanol–water partition coefficient (Wildman–Crippen LogP) is 4.30. The number of fused-ring (bicyclic) bond motifs is 1. The number of ether oxygens (including phenoxy) is 1. The van der Waals surface area contributed by atoms with Gasteiger partial charge in [-0.05, 0) is 66.1 Å². The van der Waals surface area contributed by atoms with Crippen LogP contribution in [0.15, 0.2) is 71.9 Å². The van der Waals surface area contributed by atoms with Crippen molar-refractivity contribution in [3.05, 3.63) is 89.2 Å². The summed E-state index contributed by atoms with van der Waals surface area (Å²) in [6.07, 6.45) is 4.56. The second-order valence-electron chi connectivity index (χ2n) is 7.09. The van der Waals surface area contributed by atoms with Gasteiger partial charge in [0, 0.05) is 40.7 Å². The molecule has 2 aromatic carbocycles. The maximum Gasteiger partial charge on any atom is 0.338 e. The van der Waals surface area contributed by atoms with Gasteiger partial charge in [0.2, 0.25) is 5.91 Å². The Morgan fingerprint density at radius 3 is 2.61 bits per heavy atom. The topological polar surface area (TPSA) is 85.4 Å². The molecule has 2 heterocycles. The Bertz CT molecular complexity index is 1110. The van der Waals surface area contributed by atoms with Crippen LogP contribution in [0.25, 0.3) is 0 Å². The number of pyridine rings is 1.